The molecule has 0 saturated heterocycles. The Bertz CT molecular complexity index is 1790. The first-order valence-electron chi connectivity index (χ1n) is 15.5. The van der Waals surface area contributed by atoms with Gasteiger partial charge in [0.05, 0.1) is 16.4 Å². The number of H-pyrrole nitrogens is 1. The van der Waals surface area contributed by atoms with Crippen LogP contribution in [-0.4, -0.2) is 68.9 Å². The zero-order chi connectivity index (χ0) is 33.3. The van der Waals surface area contributed by atoms with Gasteiger partial charge in [0, 0.05) is 36.2 Å². The molecule has 4 aromatic rings. The molecule has 248 valence electrons. The average molecular weight is 669 g/mol. The minimum atomic E-state index is -3.98. The molecule has 0 aliphatic carbocycles. The molecule has 46 heavy (non-hydrogen) atoms. The van der Waals surface area contributed by atoms with Crippen molar-refractivity contribution in [1.82, 2.24) is 19.3 Å². The number of nitrogens with zero attached hydrogens (tertiary/aromatic N) is 1. The van der Waals surface area contributed by atoms with E-state index in [9.17, 15) is 26.7 Å². The van der Waals surface area contributed by atoms with Crippen molar-refractivity contribution in [2.75, 3.05) is 19.7 Å². The van der Waals surface area contributed by atoms with Crippen molar-refractivity contribution in [2.45, 2.75) is 68.3 Å². The Morgan fingerprint density at radius 1 is 0.891 bits per heavy atom. The monoisotopic (exact) mass is 668 g/mol. The van der Waals surface area contributed by atoms with E-state index < -0.39 is 38.0 Å². The van der Waals surface area contributed by atoms with Crippen molar-refractivity contribution in [1.29, 1.82) is 0 Å². The summed E-state index contributed by atoms with van der Waals surface area (Å²) in [6.45, 7) is 5.93. The number of unbranched alkanes of at least 4 members (excludes halogenated alkanes) is 1. The SMILES string of the molecule is Cc1ccc(S(=O)(=O)N(CC(C)C)C(CO)CCCCNC(=O)[C@H](Cc2c[nH]c3ccccc23)NS(=O)(=O)c2ccccc2)cc1. The molecule has 0 aliphatic heterocycles. The average Bonchev–Trinajstić information content (AvgIpc) is 3.44. The van der Waals surface area contributed by atoms with E-state index in [-0.39, 0.29) is 41.8 Å². The first-order valence-corrected chi connectivity index (χ1v) is 18.4. The van der Waals surface area contributed by atoms with Gasteiger partial charge in [-0.2, -0.15) is 9.03 Å². The number of amides is 1. The summed E-state index contributed by atoms with van der Waals surface area (Å²) >= 11 is 0. The third-order valence-electron chi connectivity index (χ3n) is 7.82. The van der Waals surface area contributed by atoms with E-state index in [1.807, 2.05) is 45.0 Å². The number of nitrogens with one attached hydrogen (secondary N) is 3. The molecule has 0 spiro atoms. The van der Waals surface area contributed by atoms with Crippen molar-refractivity contribution in [3.8, 4) is 0 Å². The summed E-state index contributed by atoms with van der Waals surface area (Å²) in [5.41, 5.74) is 2.64. The zero-order valence-corrected chi connectivity index (χ0v) is 28.1. The van der Waals surface area contributed by atoms with E-state index in [4.69, 9.17) is 0 Å². The second-order valence-electron chi connectivity index (χ2n) is 12.0. The maximum atomic E-state index is 13.6. The van der Waals surface area contributed by atoms with Crippen LogP contribution in [0.2, 0.25) is 0 Å². The normalized spacial score (nSPS) is 13.7. The lowest BCUT2D eigenvalue weighted by molar-refractivity contribution is -0.122. The van der Waals surface area contributed by atoms with Crippen LogP contribution in [-0.2, 0) is 31.3 Å². The Hall–Kier alpha value is -3.55. The Labute approximate surface area is 272 Å². The highest BCUT2D eigenvalue weighted by molar-refractivity contribution is 7.89. The molecule has 1 heterocycles. The maximum Gasteiger partial charge on any atom is 0.243 e. The summed E-state index contributed by atoms with van der Waals surface area (Å²) in [6.07, 6.45) is 3.35. The first kappa shape index (κ1) is 35.3. The number of benzene rings is 3. The van der Waals surface area contributed by atoms with E-state index in [0.29, 0.717) is 19.3 Å². The minimum Gasteiger partial charge on any atom is -0.395 e. The number of carbonyl (C=O) groups is 1. The second kappa shape index (κ2) is 15.8. The molecular formula is C34H44N4O6S2. The number of aliphatic hydroxyl groups excluding tert-OH is 1. The van der Waals surface area contributed by atoms with Crippen LogP contribution < -0.4 is 10.0 Å². The van der Waals surface area contributed by atoms with Crippen LogP contribution in [0.5, 0.6) is 0 Å². The number of carbonyl (C=O) groups excluding carboxylic acids is 1. The van der Waals surface area contributed by atoms with Crippen molar-refractivity contribution < 1.29 is 26.7 Å². The molecule has 2 atom stereocenters. The lowest BCUT2D eigenvalue weighted by Gasteiger charge is -2.31. The molecule has 4 rings (SSSR count). The van der Waals surface area contributed by atoms with Crippen LogP contribution in [0, 0.1) is 12.8 Å². The van der Waals surface area contributed by atoms with E-state index >= 15 is 0 Å². The highest BCUT2D eigenvalue weighted by Gasteiger charge is 2.32. The Balaban J connectivity index is 1.41. The molecule has 0 bridgehead atoms. The van der Waals surface area contributed by atoms with Crippen molar-refractivity contribution in [2.24, 2.45) is 5.92 Å². The van der Waals surface area contributed by atoms with E-state index in [2.05, 4.69) is 15.0 Å². The molecule has 1 aromatic heterocycles. The number of aliphatic hydroxyl groups is 1. The van der Waals surface area contributed by atoms with Gasteiger partial charge in [0.25, 0.3) is 0 Å². The van der Waals surface area contributed by atoms with Crippen molar-refractivity contribution in [3.05, 3.63) is 96.2 Å². The summed E-state index contributed by atoms with van der Waals surface area (Å²) in [7, 11) is -7.82. The standard InChI is InChI=1S/C34H44N4O6S2/c1-25(2)23-38(46(43,44)30-18-16-26(3)17-19-30)28(24-39)11-9-10-20-35-34(40)33(37-45(41,42)29-12-5-4-6-13-29)21-27-22-36-32-15-8-7-14-31(27)32/h4-8,12-19,22,25,28,33,36-37,39H,9-11,20-21,23-24H2,1-3H3,(H,35,40)/t28?,33-/m0/s1. The molecule has 0 saturated carbocycles. The largest absolute Gasteiger partial charge is 0.395 e. The van der Waals surface area contributed by atoms with E-state index in [1.165, 1.54) is 16.4 Å². The molecular weight excluding hydrogens is 625 g/mol. The molecule has 12 heteroatoms. The quantitative estimate of drug-likeness (QED) is 0.123. The smallest absolute Gasteiger partial charge is 0.243 e. The van der Waals surface area contributed by atoms with Crippen LogP contribution in [0.3, 0.4) is 0 Å². The number of rotatable bonds is 17. The Kier molecular flexibility index (Phi) is 12.2. The van der Waals surface area contributed by atoms with Crippen LogP contribution >= 0.6 is 0 Å². The number of sulfonamides is 2. The van der Waals surface area contributed by atoms with Gasteiger partial charge in [0.1, 0.15) is 6.04 Å². The summed E-state index contributed by atoms with van der Waals surface area (Å²) in [6, 6.07) is 20.5. The van der Waals surface area contributed by atoms with Gasteiger partial charge in [-0.3, -0.25) is 4.79 Å². The molecule has 1 unspecified atom stereocenters. The van der Waals surface area contributed by atoms with Gasteiger partial charge in [-0.05, 0) is 68.0 Å². The lowest BCUT2D eigenvalue weighted by atomic mass is 10.0. The predicted octanol–water partition coefficient (Wildman–Crippen LogP) is 4.36. The topological polar surface area (TPSA) is 149 Å². The number of hydrogen-bond donors (Lipinski definition) is 4. The number of aromatic amines is 1. The highest BCUT2D eigenvalue weighted by atomic mass is 32.2. The summed E-state index contributed by atoms with van der Waals surface area (Å²) in [5, 5.41) is 14.0. The summed E-state index contributed by atoms with van der Waals surface area (Å²) in [4.78, 5) is 16.9. The van der Waals surface area contributed by atoms with Gasteiger partial charge in [-0.25, -0.2) is 16.8 Å². The fraction of sp³-hybridized carbons (Fsp3) is 0.382. The highest BCUT2D eigenvalue weighted by Crippen LogP contribution is 2.23. The van der Waals surface area contributed by atoms with Crippen molar-refractivity contribution >= 4 is 36.9 Å². The molecule has 0 radical (unpaired) electrons. The molecule has 10 nitrogen and oxygen atoms in total. The second-order valence-corrected chi connectivity index (χ2v) is 15.6. The fourth-order valence-corrected chi connectivity index (χ4v) is 8.40. The van der Waals surface area contributed by atoms with Crippen molar-refractivity contribution in [3.63, 3.8) is 0 Å². The van der Waals surface area contributed by atoms with Crippen LogP contribution in [0.15, 0.2) is 94.9 Å². The summed E-state index contributed by atoms with van der Waals surface area (Å²) in [5.74, 6) is -0.422. The number of aromatic nitrogens is 1. The van der Waals surface area contributed by atoms with Crippen LogP contribution in [0.4, 0.5) is 0 Å². The van der Waals surface area contributed by atoms with Gasteiger partial charge in [-0.1, -0.05) is 74.4 Å². The Morgan fingerprint density at radius 2 is 1.57 bits per heavy atom. The first-order chi connectivity index (χ1) is 21.9. The number of fused-ring (bicyclic) bond motifs is 1. The molecule has 3 aromatic carbocycles. The van der Waals surface area contributed by atoms with Gasteiger partial charge in [0.2, 0.25) is 26.0 Å². The predicted molar refractivity (Wildman–Crippen MR) is 180 cm³/mol. The summed E-state index contributed by atoms with van der Waals surface area (Å²) < 4.78 is 57.5. The maximum absolute atomic E-state index is 13.6. The number of aryl methyl sites for hydroxylation is 1. The minimum absolute atomic E-state index is 0.0438. The fourth-order valence-electron chi connectivity index (χ4n) is 5.38. The Morgan fingerprint density at radius 3 is 2.24 bits per heavy atom. The molecule has 1 amide bonds. The van der Waals surface area contributed by atoms with Crippen LogP contribution in [0.1, 0.15) is 44.2 Å². The molecule has 0 fully saturated rings. The molecule has 0 aliphatic rings. The van der Waals surface area contributed by atoms with Gasteiger partial charge >= 0.3 is 0 Å². The third kappa shape index (κ3) is 9.04. The van der Waals surface area contributed by atoms with E-state index in [0.717, 1.165) is 22.0 Å². The lowest BCUT2D eigenvalue weighted by Crippen LogP contribution is -2.48. The van der Waals surface area contributed by atoms with Crippen LogP contribution in [0.25, 0.3) is 10.9 Å². The number of hydrogen-bond acceptors (Lipinski definition) is 6. The van der Waals surface area contributed by atoms with Gasteiger partial charge in [-0.15, -0.1) is 0 Å². The third-order valence-corrected chi connectivity index (χ3v) is 11.2. The molecule has 4 N–H and O–H groups in total. The zero-order valence-electron chi connectivity index (χ0n) is 26.5. The number of para-hydroxylation sites is 1. The van der Waals surface area contributed by atoms with Gasteiger partial charge < -0.3 is 15.4 Å². The van der Waals surface area contributed by atoms with E-state index in [1.54, 1.807) is 48.7 Å². The van der Waals surface area contributed by atoms with Gasteiger partial charge in [0.15, 0.2) is 0 Å².